The first-order valence-electron chi connectivity index (χ1n) is 6.46. The van der Waals surface area contributed by atoms with Gasteiger partial charge in [0.25, 0.3) is 11.6 Å². The van der Waals surface area contributed by atoms with Crippen LogP contribution in [0.2, 0.25) is 0 Å². The molecule has 0 saturated heterocycles. The number of hydrogen-bond donors (Lipinski definition) is 3. The van der Waals surface area contributed by atoms with Gasteiger partial charge in [0.1, 0.15) is 5.69 Å². The highest BCUT2D eigenvalue weighted by molar-refractivity contribution is 5.95. The summed E-state index contributed by atoms with van der Waals surface area (Å²) < 4.78 is 0. The lowest BCUT2D eigenvalue weighted by Crippen LogP contribution is -2.36. The first kappa shape index (κ1) is 15.9. The van der Waals surface area contributed by atoms with Crippen molar-refractivity contribution in [3.05, 3.63) is 33.9 Å². The first-order valence-corrected chi connectivity index (χ1v) is 6.46. The molecule has 7 nitrogen and oxygen atoms in total. The van der Waals surface area contributed by atoms with Gasteiger partial charge in [0.05, 0.1) is 4.92 Å². The van der Waals surface area contributed by atoms with Gasteiger partial charge in [0, 0.05) is 17.7 Å². The summed E-state index contributed by atoms with van der Waals surface area (Å²) >= 11 is 0. The smallest absolute Gasteiger partial charge is 0.294 e. The highest BCUT2D eigenvalue weighted by atomic mass is 16.6. The molecule has 0 radical (unpaired) electrons. The normalized spacial score (nSPS) is 13.4. The highest BCUT2D eigenvalue weighted by Gasteiger charge is 2.19. The number of rotatable bonds is 6. The highest BCUT2D eigenvalue weighted by Crippen LogP contribution is 2.24. The van der Waals surface area contributed by atoms with E-state index in [4.69, 9.17) is 5.84 Å². The Hall–Kier alpha value is -2.15. The van der Waals surface area contributed by atoms with Crippen LogP contribution in [0.25, 0.3) is 0 Å². The number of amides is 1. The Morgan fingerprint density at radius 3 is 2.60 bits per heavy atom. The maximum Gasteiger partial charge on any atom is 0.294 e. The fourth-order valence-electron chi connectivity index (χ4n) is 1.73. The van der Waals surface area contributed by atoms with Crippen molar-refractivity contribution >= 4 is 17.3 Å². The molecule has 0 aliphatic heterocycles. The van der Waals surface area contributed by atoms with Crippen LogP contribution in [0.15, 0.2) is 18.2 Å². The van der Waals surface area contributed by atoms with Gasteiger partial charge in [-0.15, -0.1) is 0 Å². The topological polar surface area (TPSA) is 110 Å². The van der Waals surface area contributed by atoms with Crippen LogP contribution in [-0.2, 0) is 0 Å². The van der Waals surface area contributed by atoms with Crippen molar-refractivity contribution in [2.75, 3.05) is 5.43 Å². The number of carbonyl (C=O) groups excluding carboxylic acids is 1. The Morgan fingerprint density at radius 1 is 1.45 bits per heavy atom. The Kier molecular flexibility index (Phi) is 5.45. The quantitative estimate of drug-likeness (QED) is 0.419. The summed E-state index contributed by atoms with van der Waals surface area (Å²) in [6, 6.07) is 4.13. The van der Waals surface area contributed by atoms with Gasteiger partial charge in [-0.25, -0.2) is 0 Å². The van der Waals surface area contributed by atoms with E-state index in [0.717, 1.165) is 6.42 Å². The first-order chi connectivity index (χ1) is 9.40. The molecule has 0 spiro atoms. The number of nitrogens with zero attached hydrogens (tertiary/aromatic N) is 1. The molecule has 1 aromatic rings. The van der Waals surface area contributed by atoms with Gasteiger partial charge >= 0.3 is 0 Å². The van der Waals surface area contributed by atoms with E-state index in [1.54, 1.807) is 0 Å². The van der Waals surface area contributed by atoms with Crippen LogP contribution < -0.4 is 16.6 Å². The lowest BCUT2D eigenvalue weighted by molar-refractivity contribution is -0.384. The van der Waals surface area contributed by atoms with Gasteiger partial charge in [-0.2, -0.15) is 0 Å². The molecule has 0 bridgehead atoms. The molecule has 20 heavy (non-hydrogen) atoms. The van der Waals surface area contributed by atoms with Crippen LogP contribution in [0.4, 0.5) is 11.4 Å². The van der Waals surface area contributed by atoms with Gasteiger partial charge in [-0.05, 0) is 25.0 Å². The molecular formula is C13H20N4O3. The number of anilines is 1. The third-order valence-electron chi connectivity index (χ3n) is 3.47. The second-order valence-electron chi connectivity index (χ2n) is 4.78. The summed E-state index contributed by atoms with van der Waals surface area (Å²) in [5.41, 5.74) is 2.42. The molecule has 4 N–H and O–H groups in total. The zero-order valence-corrected chi connectivity index (χ0v) is 11.8. The Balaban J connectivity index is 2.94. The minimum absolute atomic E-state index is 0.00105. The van der Waals surface area contributed by atoms with Gasteiger partial charge in [-0.3, -0.25) is 20.8 Å². The molecule has 1 aromatic carbocycles. The van der Waals surface area contributed by atoms with E-state index in [0.29, 0.717) is 5.92 Å². The Morgan fingerprint density at radius 2 is 2.10 bits per heavy atom. The van der Waals surface area contributed by atoms with E-state index in [1.807, 2.05) is 20.8 Å². The molecule has 110 valence electrons. The van der Waals surface area contributed by atoms with Crippen LogP contribution in [0, 0.1) is 16.0 Å². The SMILES string of the molecule is CCC(C)C(C)NC(=O)c1ccc(NN)c([N+](=O)[O-])c1. The predicted octanol–water partition coefficient (Wildman–Crippen LogP) is 2.04. The molecule has 2 atom stereocenters. The molecule has 1 amide bonds. The third kappa shape index (κ3) is 3.67. The van der Waals surface area contributed by atoms with E-state index >= 15 is 0 Å². The van der Waals surface area contributed by atoms with Gasteiger partial charge < -0.3 is 10.7 Å². The Bertz CT molecular complexity index is 504. The number of nitrogens with two attached hydrogens (primary N) is 1. The summed E-state index contributed by atoms with van der Waals surface area (Å²) in [7, 11) is 0. The zero-order valence-electron chi connectivity index (χ0n) is 11.8. The van der Waals surface area contributed by atoms with Crippen LogP contribution in [0.3, 0.4) is 0 Å². The van der Waals surface area contributed by atoms with Crippen molar-refractivity contribution in [1.29, 1.82) is 0 Å². The summed E-state index contributed by atoms with van der Waals surface area (Å²) in [6.45, 7) is 5.99. The fraction of sp³-hybridized carbons (Fsp3) is 0.462. The van der Waals surface area contributed by atoms with Gasteiger partial charge in [-0.1, -0.05) is 20.3 Å². The molecule has 0 heterocycles. The van der Waals surface area contributed by atoms with Crippen LogP contribution in [0.5, 0.6) is 0 Å². The lowest BCUT2D eigenvalue weighted by atomic mass is 10.0. The Labute approximate surface area is 117 Å². The van der Waals surface area contributed by atoms with Crippen LogP contribution in [0.1, 0.15) is 37.6 Å². The lowest BCUT2D eigenvalue weighted by Gasteiger charge is -2.19. The molecule has 0 aliphatic rings. The fourth-order valence-corrected chi connectivity index (χ4v) is 1.73. The summed E-state index contributed by atoms with van der Waals surface area (Å²) in [5, 5.41) is 13.7. The molecule has 2 unspecified atom stereocenters. The number of hydrazine groups is 1. The summed E-state index contributed by atoms with van der Waals surface area (Å²) in [5.74, 6) is 5.20. The summed E-state index contributed by atoms with van der Waals surface area (Å²) in [4.78, 5) is 22.4. The maximum absolute atomic E-state index is 12.1. The number of nitro benzene ring substituents is 1. The number of nitrogens with one attached hydrogen (secondary N) is 2. The van der Waals surface area contributed by atoms with Crippen molar-refractivity contribution < 1.29 is 9.72 Å². The third-order valence-corrected chi connectivity index (χ3v) is 3.47. The minimum Gasteiger partial charge on any atom is -0.349 e. The average molecular weight is 280 g/mol. The molecular weight excluding hydrogens is 260 g/mol. The maximum atomic E-state index is 12.1. The van der Waals surface area contributed by atoms with Crippen LogP contribution >= 0.6 is 0 Å². The van der Waals surface area contributed by atoms with Crippen molar-refractivity contribution in [1.82, 2.24) is 5.32 Å². The van der Waals surface area contributed by atoms with Crippen LogP contribution in [-0.4, -0.2) is 16.9 Å². The number of nitro groups is 1. The number of carbonyl (C=O) groups is 1. The van der Waals surface area contributed by atoms with Crippen molar-refractivity contribution in [3.63, 3.8) is 0 Å². The largest absolute Gasteiger partial charge is 0.349 e. The standard InChI is InChI=1S/C13H20N4O3/c1-4-8(2)9(3)15-13(18)10-5-6-11(16-14)12(7-10)17(19)20/h5-9,16H,4,14H2,1-3H3,(H,15,18). The van der Waals surface area contributed by atoms with Gasteiger partial charge in [0.2, 0.25) is 0 Å². The average Bonchev–Trinajstić information content (AvgIpc) is 2.45. The van der Waals surface area contributed by atoms with E-state index in [-0.39, 0.29) is 28.9 Å². The van der Waals surface area contributed by atoms with E-state index < -0.39 is 4.92 Å². The summed E-state index contributed by atoms with van der Waals surface area (Å²) in [6.07, 6.45) is 0.942. The van der Waals surface area contributed by atoms with Gasteiger partial charge in [0.15, 0.2) is 0 Å². The second kappa shape index (κ2) is 6.85. The van der Waals surface area contributed by atoms with Crippen molar-refractivity contribution in [3.8, 4) is 0 Å². The second-order valence-corrected chi connectivity index (χ2v) is 4.78. The number of hydrogen-bond acceptors (Lipinski definition) is 5. The molecule has 0 fully saturated rings. The molecule has 0 aromatic heterocycles. The van der Waals surface area contributed by atoms with E-state index in [1.165, 1.54) is 18.2 Å². The van der Waals surface area contributed by atoms with E-state index in [2.05, 4.69) is 10.7 Å². The molecule has 0 aliphatic carbocycles. The molecule has 0 saturated carbocycles. The predicted molar refractivity (Wildman–Crippen MR) is 77.3 cm³/mol. The molecule has 1 rings (SSSR count). The van der Waals surface area contributed by atoms with E-state index in [9.17, 15) is 14.9 Å². The van der Waals surface area contributed by atoms with Crippen molar-refractivity contribution in [2.45, 2.75) is 33.2 Å². The number of benzene rings is 1. The number of nitrogen functional groups attached to an aromatic ring is 1. The molecule has 7 heteroatoms. The minimum atomic E-state index is -0.579. The van der Waals surface area contributed by atoms with Crippen molar-refractivity contribution in [2.24, 2.45) is 11.8 Å². The monoisotopic (exact) mass is 280 g/mol. The zero-order chi connectivity index (χ0) is 15.3.